The summed E-state index contributed by atoms with van der Waals surface area (Å²) in [5, 5.41) is 3.52. The lowest BCUT2D eigenvalue weighted by atomic mass is 9.84. The number of carbonyl (C=O) groups excluding carboxylic acids is 2. The maximum atomic E-state index is 12.7. The van der Waals surface area contributed by atoms with Crippen LogP contribution in [0.3, 0.4) is 0 Å². The molecule has 0 unspecified atom stereocenters. The molecular formula is C20H26N2O2. The summed E-state index contributed by atoms with van der Waals surface area (Å²) in [4.78, 5) is 26.0. The minimum Gasteiger partial charge on any atom is -0.379 e. The number of nitrogens with zero attached hydrogens (tertiary/aromatic N) is 1. The molecule has 0 radical (unpaired) electrons. The third-order valence-electron chi connectivity index (χ3n) is 5.04. The summed E-state index contributed by atoms with van der Waals surface area (Å²) in [6, 6.07) is 8.29. The van der Waals surface area contributed by atoms with Gasteiger partial charge in [-0.3, -0.25) is 9.59 Å². The number of amides is 1. The maximum absolute atomic E-state index is 12.7. The van der Waals surface area contributed by atoms with E-state index in [4.69, 9.17) is 0 Å². The second-order valence-electron chi connectivity index (χ2n) is 7.58. The SMILES string of the molecule is CC(=O)N1CCC(C(=O)/C=C2\NC(C)(C)Cc3ccccc32)CC1. The van der Waals surface area contributed by atoms with Gasteiger partial charge in [0.05, 0.1) is 0 Å². The summed E-state index contributed by atoms with van der Waals surface area (Å²) >= 11 is 0. The predicted octanol–water partition coefficient (Wildman–Crippen LogP) is 2.78. The summed E-state index contributed by atoms with van der Waals surface area (Å²) in [6.07, 6.45) is 4.25. The van der Waals surface area contributed by atoms with Crippen molar-refractivity contribution in [1.82, 2.24) is 10.2 Å². The fourth-order valence-corrected chi connectivity index (χ4v) is 3.74. The van der Waals surface area contributed by atoms with Crippen molar-refractivity contribution in [3.05, 3.63) is 41.5 Å². The van der Waals surface area contributed by atoms with Crippen LogP contribution in [-0.2, 0) is 16.0 Å². The van der Waals surface area contributed by atoms with Gasteiger partial charge in [0, 0.05) is 48.8 Å². The van der Waals surface area contributed by atoms with Gasteiger partial charge in [0.2, 0.25) is 5.91 Å². The molecule has 24 heavy (non-hydrogen) atoms. The van der Waals surface area contributed by atoms with Crippen molar-refractivity contribution in [2.75, 3.05) is 13.1 Å². The largest absolute Gasteiger partial charge is 0.379 e. The minimum atomic E-state index is -0.0571. The number of carbonyl (C=O) groups is 2. The number of piperidine rings is 1. The Morgan fingerprint density at radius 2 is 1.88 bits per heavy atom. The highest BCUT2D eigenvalue weighted by atomic mass is 16.2. The molecule has 1 amide bonds. The highest BCUT2D eigenvalue weighted by Gasteiger charge is 2.29. The Hall–Kier alpha value is -2.10. The van der Waals surface area contributed by atoms with Crippen molar-refractivity contribution in [3.63, 3.8) is 0 Å². The quantitative estimate of drug-likeness (QED) is 0.850. The van der Waals surface area contributed by atoms with Gasteiger partial charge in [0.15, 0.2) is 5.78 Å². The van der Waals surface area contributed by atoms with Crippen LogP contribution >= 0.6 is 0 Å². The van der Waals surface area contributed by atoms with E-state index in [0.717, 1.165) is 30.5 Å². The molecule has 3 rings (SSSR count). The highest BCUT2D eigenvalue weighted by molar-refractivity contribution is 5.98. The van der Waals surface area contributed by atoms with Crippen molar-refractivity contribution in [2.45, 2.75) is 45.6 Å². The Morgan fingerprint density at radius 1 is 1.21 bits per heavy atom. The van der Waals surface area contributed by atoms with Crippen LogP contribution in [0.2, 0.25) is 0 Å². The van der Waals surface area contributed by atoms with E-state index in [1.807, 2.05) is 11.0 Å². The molecule has 1 aromatic rings. The van der Waals surface area contributed by atoms with E-state index in [9.17, 15) is 9.59 Å². The topological polar surface area (TPSA) is 49.4 Å². The number of fused-ring (bicyclic) bond motifs is 1. The molecule has 1 N–H and O–H groups in total. The monoisotopic (exact) mass is 326 g/mol. The molecule has 2 heterocycles. The third kappa shape index (κ3) is 3.53. The molecule has 0 aromatic heterocycles. The van der Waals surface area contributed by atoms with Gasteiger partial charge in [-0.15, -0.1) is 0 Å². The first kappa shape index (κ1) is 16.7. The second-order valence-corrected chi connectivity index (χ2v) is 7.58. The molecular weight excluding hydrogens is 300 g/mol. The van der Waals surface area contributed by atoms with Crippen molar-refractivity contribution in [3.8, 4) is 0 Å². The molecule has 0 saturated carbocycles. The zero-order valence-corrected chi connectivity index (χ0v) is 14.8. The van der Waals surface area contributed by atoms with E-state index in [-0.39, 0.29) is 23.1 Å². The Labute approximate surface area is 143 Å². The fraction of sp³-hybridized carbons (Fsp3) is 0.500. The standard InChI is InChI=1S/C20H26N2O2/c1-14(23)22-10-8-15(9-11-22)19(24)12-18-17-7-5-4-6-16(17)13-20(2,3)21-18/h4-7,12,15,21H,8-11,13H2,1-3H3/b18-12-. The first-order valence-corrected chi connectivity index (χ1v) is 8.73. The zero-order valence-electron chi connectivity index (χ0n) is 14.8. The van der Waals surface area contributed by atoms with Crippen LogP contribution in [0.25, 0.3) is 5.70 Å². The number of hydrogen-bond donors (Lipinski definition) is 1. The Bertz CT molecular complexity index is 683. The molecule has 4 nitrogen and oxygen atoms in total. The Balaban J connectivity index is 1.78. The van der Waals surface area contributed by atoms with Gasteiger partial charge in [-0.25, -0.2) is 0 Å². The first-order valence-electron chi connectivity index (χ1n) is 8.73. The van der Waals surface area contributed by atoms with Gasteiger partial charge in [0.25, 0.3) is 0 Å². The summed E-state index contributed by atoms with van der Waals surface area (Å²) in [5.41, 5.74) is 3.29. The summed E-state index contributed by atoms with van der Waals surface area (Å²) in [5.74, 6) is 0.296. The normalized spacial score (nSPS) is 22.0. The molecule has 1 fully saturated rings. The molecule has 0 atom stereocenters. The van der Waals surface area contributed by atoms with Gasteiger partial charge >= 0.3 is 0 Å². The lowest BCUT2D eigenvalue weighted by molar-refractivity contribution is -0.132. The van der Waals surface area contributed by atoms with E-state index in [2.05, 4.69) is 37.4 Å². The van der Waals surface area contributed by atoms with Crippen LogP contribution in [0.1, 0.15) is 44.7 Å². The van der Waals surface area contributed by atoms with Crippen LogP contribution in [0.15, 0.2) is 30.3 Å². The molecule has 2 aliphatic rings. The molecule has 0 bridgehead atoms. The number of rotatable bonds is 2. The lowest BCUT2D eigenvalue weighted by Gasteiger charge is -2.36. The number of ketones is 1. The average Bonchev–Trinajstić information content (AvgIpc) is 2.53. The van der Waals surface area contributed by atoms with Gasteiger partial charge in [0.1, 0.15) is 0 Å². The van der Waals surface area contributed by atoms with Crippen LogP contribution < -0.4 is 5.32 Å². The second kappa shape index (κ2) is 6.42. The highest BCUT2D eigenvalue weighted by Crippen LogP contribution is 2.30. The van der Waals surface area contributed by atoms with E-state index in [1.54, 1.807) is 13.0 Å². The molecule has 128 valence electrons. The van der Waals surface area contributed by atoms with Gasteiger partial charge in [-0.05, 0) is 38.7 Å². The summed E-state index contributed by atoms with van der Waals surface area (Å²) < 4.78 is 0. The minimum absolute atomic E-state index is 0.0205. The summed E-state index contributed by atoms with van der Waals surface area (Å²) in [7, 11) is 0. The molecule has 2 aliphatic heterocycles. The Kier molecular flexibility index (Phi) is 4.48. The van der Waals surface area contributed by atoms with Crippen molar-refractivity contribution < 1.29 is 9.59 Å². The number of likely N-dealkylation sites (tertiary alicyclic amines) is 1. The van der Waals surface area contributed by atoms with Gasteiger partial charge in [-0.1, -0.05) is 24.3 Å². The Morgan fingerprint density at radius 3 is 2.54 bits per heavy atom. The van der Waals surface area contributed by atoms with E-state index >= 15 is 0 Å². The third-order valence-corrected chi connectivity index (χ3v) is 5.04. The number of hydrogen-bond acceptors (Lipinski definition) is 3. The smallest absolute Gasteiger partial charge is 0.219 e. The van der Waals surface area contributed by atoms with Crippen LogP contribution in [0.4, 0.5) is 0 Å². The van der Waals surface area contributed by atoms with E-state index < -0.39 is 0 Å². The molecule has 1 saturated heterocycles. The number of allylic oxidation sites excluding steroid dienone is 1. The molecule has 1 aromatic carbocycles. The first-order chi connectivity index (χ1) is 11.4. The van der Waals surface area contributed by atoms with Gasteiger partial charge < -0.3 is 10.2 Å². The van der Waals surface area contributed by atoms with Gasteiger partial charge in [-0.2, -0.15) is 0 Å². The predicted molar refractivity (Wildman–Crippen MR) is 95.3 cm³/mol. The van der Waals surface area contributed by atoms with Crippen molar-refractivity contribution in [1.29, 1.82) is 0 Å². The van der Waals surface area contributed by atoms with Crippen LogP contribution in [0.5, 0.6) is 0 Å². The fourth-order valence-electron chi connectivity index (χ4n) is 3.74. The zero-order chi connectivity index (χ0) is 17.3. The lowest BCUT2D eigenvalue weighted by Crippen LogP contribution is -2.44. The molecule has 0 spiro atoms. The average molecular weight is 326 g/mol. The van der Waals surface area contributed by atoms with Crippen molar-refractivity contribution >= 4 is 17.4 Å². The maximum Gasteiger partial charge on any atom is 0.219 e. The summed E-state index contributed by atoms with van der Waals surface area (Å²) in [6.45, 7) is 7.28. The van der Waals surface area contributed by atoms with Crippen LogP contribution in [-0.4, -0.2) is 35.2 Å². The molecule has 0 aliphatic carbocycles. The van der Waals surface area contributed by atoms with Crippen LogP contribution in [0, 0.1) is 5.92 Å². The number of nitrogens with one attached hydrogen (secondary N) is 1. The van der Waals surface area contributed by atoms with E-state index in [1.165, 1.54) is 5.56 Å². The number of benzene rings is 1. The molecule has 4 heteroatoms. The van der Waals surface area contributed by atoms with E-state index in [0.29, 0.717) is 13.1 Å². The van der Waals surface area contributed by atoms with Crippen molar-refractivity contribution in [2.24, 2.45) is 5.92 Å².